The van der Waals surface area contributed by atoms with Gasteiger partial charge in [-0.25, -0.2) is 9.97 Å². The van der Waals surface area contributed by atoms with Crippen LogP contribution in [0, 0.1) is 0 Å². The molecule has 0 spiro atoms. The molecule has 10 aromatic rings. The van der Waals surface area contributed by atoms with Crippen LogP contribution < -0.4 is 0 Å². The average molecular weight is 827 g/mol. The molecule has 4 aromatic heterocycles. The van der Waals surface area contributed by atoms with Gasteiger partial charge in [0.2, 0.25) is 0 Å². The van der Waals surface area contributed by atoms with Crippen molar-refractivity contribution in [3.8, 4) is 40.7 Å². The van der Waals surface area contributed by atoms with Crippen molar-refractivity contribution in [1.82, 2.24) is 9.97 Å². The Labute approximate surface area is 356 Å². The highest BCUT2D eigenvalue weighted by atomic mass is 32.1. The standard InChI is InChI=1S/C52H46N2S4/c1-3-5-7-9-11-33-13-15-35-25-43-27-39(19-17-37(43)23-41(35)21-33)51-53-31-49(57-51)47-29-45-46(55-47)30-48(56-45)50-32-54-52(58-50)40-20-18-38-24-42-22-34(12-10-8-6-4-2)14-16-36(42)26-44(38)28-40/h13-32H,3-12H2,1-2H3. The Morgan fingerprint density at radius 2 is 0.776 bits per heavy atom. The summed E-state index contributed by atoms with van der Waals surface area (Å²) in [6, 6.07) is 41.7. The van der Waals surface area contributed by atoms with Crippen LogP contribution >= 0.6 is 45.3 Å². The highest BCUT2D eigenvalue weighted by molar-refractivity contribution is 7.33. The van der Waals surface area contributed by atoms with E-state index < -0.39 is 0 Å². The van der Waals surface area contributed by atoms with E-state index in [1.807, 2.05) is 22.7 Å². The Balaban J connectivity index is 0.838. The fourth-order valence-electron chi connectivity index (χ4n) is 8.30. The molecule has 2 nitrogen and oxygen atoms in total. The number of fused-ring (bicyclic) bond motifs is 5. The van der Waals surface area contributed by atoms with E-state index >= 15 is 0 Å². The normalized spacial score (nSPS) is 12.0. The van der Waals surface area contributed by atoms with Gasteiger partial charge in [-0.15, -0.1) is 45.3 Å². The van der Waals surface area contributed by atoms with Crippen molar-refractivity contribution in [2.24, 2.45) is 0 Å². The Kier molecular flexibility index (Phi) is 10.7. The number of aryl methyl sites for hydroxylation is 2. The molecule has 4 heterocycles. The summed E-state index contributed by atoms with van der Waals surface area (Å²) in [7, 11) is 0. The molecule has 0 aliphatic carbocycles. The van der Waals surface area contributed by atoms with Gasteiger partial charge in [0, 0.05) is 42.7 Å². The fourth-order valence-corrected chi connectivity index (χ4v) is 12.7. The third kappa shape index (κ3) is 7.76. The molecule has 0 atom stereocenters. The molecule has 10 rings (SSSR count). The average Bonchev–Trinajstić information content (AvgIpc) is 4.07. The summed E-state index contributed by atoms with van der Waals surface area (Å²) >= 11 is 7.30. The van der Waals surface area contributed by atoms with Crippen LogP contribution in [0.25, 0.3) is 93.1 Å². The Hall–Kier alpha value is -4.72. The van der Waals surface area contributed by atoms with Gasteiger partial charge in [0.25, 0.3) is 0 Å². The Bertz CT molecular complexity index is 2830. The van der Waals surface area contributed by atoms with Crippen LogP contribution in [0.5, 0.6) is 0 Å². The molecule has 0 aliphatic heterocycles. The smallest absolute Gasteiger partial charge is 0.123 e. The summed E-state index contributed by atoms with van der Waals surface area (Å²) in [5.41, 5.74) is 5.26. The van der Waals surface area contributed by atoms with Gasteiger partial charge in [-0.2, -0.15) is 0 Å². The van der Waals surface area contributed by atoms with Crippen LogP contribution in [-0.4, -0.2) is 9.97 Å². The van der Waals surface area contributed by atoms with Crippen molar-refractivity contribution < 1.29 is 0 Å². The van der Waals surface area contributed by atoms with Crippen LogP contribution in [-0.2, 0) is 12.8 Å². The minimum absolute atomic E-state index is 1.07. The zero-order chi connectivity index (χ0) is 39.0. The number of aromatic nitrogens is 2. The summed E-state index contributed by atoms with van der Waals surface area (Å²) in [5, 5.41) is 12.5. The number of hydrogen-bond acceptors (Lipinski definition) is 6. The van der Waals surface area contributed by atoms with Crippen LogP contribution in [0.15, 0.2) is 122 Å². The maximum Gasteiger partial charge on any atom is 0.123 e. The second-order valence-electron chi connectivity index (χ2n) is 15.8. The monoisotopic (exact) mass is 826 g/mol. The van der Waals surface area contributed by atoms with Gasteiger partial charge < -0.3 is 0 Å². The zero-order valence-electron chi connectivity index (χ0n) is 33.1. The summed E-state index contributed by atoms with van der Waals surface area (Å²) in [4.78, 5) is 14.8. The number of unbranched alkanes of at least 4 members (excludes halogenated alkanes) is 6. The first-order valence-electron chi connectivity index (χ1n) is 21.0. The fraction of sp³-hybridized carbons (Fsp3) is 0.231. The molecule has 0 aliphatic rings. The minimum Gasteiger partial charge on any atom is -0.244 e. The molecular formula is C52H46N2S4. The Morgan fingerprint density at radius 1 is 0.362 bits per heavy atom. The van der Waals surface area contributed by atoms with Crippen molar-refractivity contribution in [3.05, 3.63) is 133 Å². The highest BCUT2D eigenvalue weighted by Gasteiger charge is 2.16. The van der Waals surface area contributed by atoms with Crippen LogP contribution in [0.4, 0.5) is 0 Å². The zero-order valence-corrected chi connectivity index (χ0v) is 36.4. The number of benzene rings is 6. The van der Waals surface area contributed by atoms with Crippen molar-refractivity contribution >= 4 is 97.8 Å². The molecule has 0 bridgehead atoms. The number of thiazole rings is 2. The molecule has 6 heteroatoms. The first kappa shape index (κ1) is 37.5. The number of rotatable bonds is 14. The lowest BCUT2D eigenvalue weighted by Crippen LogP contribution is -1.87. The van der Waals surface area contributed by atoms with E-state index in [2.05, 4.69) is 135 Å². The van der Waals surface area contributed by atoms with E-state index in [-0.39, 0.29) is 0 Å². The molecule has 0 N–H and O–H groups in total. The van der Waals surface area contributed by atoms with Gasteiger partial charge in [0.05, 0.1) is 9.75 Å². The summed E-state index contributed by atoms with van der Waals surface area (Å²) < 4.78 is 2.65. The molecule has 0 radical (unpaired) electrons. The third-order valence-electron chi connectivity index (χ3n) is 11.6. The van der Waals surface area contributed by atoms with Crippen molar-refractivity contribution in [1.29, 1.82) is 0 Å². The quantitative estimate of drug-likeness (QED) is 0.0806. The Morgan fingerprint density at radius 3 is 1.21 bits per heavy atom. The maximum absolute atomic E-state index is 4.91. The van der Waals surface area contributed by atoms with E-state index in [0.29, 0.717) is 0 Å². The summed E-state index contributed by atoms with van der Waals surface area (Å²) in [6.45, 7) is 4.55. The van der Waals surface area contributed by atoms with E-state index in [1.165, 1.54) is 158 Å². The second kappa shape index (κ2) is 16.5. The van der Waals surface area contributed by atoms with Gasteiger partial charge in [0.15, 0.2) is 0 Å². The molecule has 6 aromatic carbocycles. The first-order valence-corrected chi connectivity index (χ1v) is 24.2. The molecular weight excluding hydrogens is 781 g/mol. The van der Waals surface area contributed by atoms with E-state index in [4.69, 9.17) is 9.97 Å². The molecule has 0 saturated heterocycles. The molecule has 0 fully saturated rings. The van der Waals surface area contributed by atoms with Gasteiger partial charge in [-0.3, -0.25) is 0 Å². The minimum atomic E-state index is 1.07. The lowest BCUT2D eigenvalue weighted by atomic mass is 9.98. The van der Waals surface area contributed by atoms with Crippen LogP contribution in [0.1, 0.15) is 76.3 Å². The van der Waals surface area contributed by atoms with Gasteiger partial charge in [0.1, 0.15) is 10.0 Å². The number of nitrogens with zero attached hydrogens (tertiary/aromatic N) is 2. The summed E-state index contributed by atoms with van der Waals surface area (Å²) in [5.74, 6) is 0. The maximum atomic E-state index is 4.91. The van der Waals surface area contributed by atoms with Gasteiger partial charge in [-0.05, 0) is 128 Å². The second-order valence-corrected chi connectivity index (χ2v) is 20.1. The predicted octanol–water partition coefficient (Wildman–Crippen LogP) is 17.4. The summed E-state index contributed by atoms with van der Waals surface area (Å²) in [6.07, 6.45) is 16.8. The predicted molar refractivity (Wildman–Crippen MR) is 259 cm³/mol. The van der Waals surface area contributed by atoms with Gasteiger partial charge in [-0.1, -0.05) is 113 Å². The lowest BCUT2D eigenvalue weighted by Gasteiger charge is -2.07. The largest absolute Gasteiger partial charge is 0.244 e. The van der Waals surface area contributed by atoms with Crippen molar-refractivity contribution in [3.63, 3.8) is 0 Å². The third-order valence-corrected chi connectivity index (χ3v) is 16.3. The van der Waals surface area contributed by atoms with Crippen molar-refractivity contribution in [2.45, 2.75) is 78.1 Å². The van der Waals surface area contributed by atoms with Crippen LogP contribution in [0.3, 0.4) is 0 Å². The number of hydrogen-bond donors (Lipinski definition) is 0. The molecule has 288 valence electrons. The molecule has 0 unspecified atom stereocenters. The van der Waals surface area contributed by atoms with E-state index in [9.17, 15) is 0 Å². The first-order chi connectivity index (χ1) is 28.6. The van der Waals surface area contributed by atoms with Crippen molar-refractivity contribution in [2.75, 3.05) is 0 Å². The lowest BCUT2D eigenvalue weighted by molar-refractivity contribution is 0.667. The van der Waals surface area contributed by atoms with E-state index in [1.54, 1.807) is 22.7 Å². The molecule has 58 heavy (non-hydrogen) atoms. The van der Waals surface area contributed by atoms with Gasteiger partial charge >= 0.3 is 0 Å². The SMILES string of the molecule is CCCCCCc1ccc2cc3cc(-c4ncc(-c5cc6sc(-c7cnc(-c8ccc9cc%10cc(CCCCCC)ccc%10cc9c8)s7)cc6s5)s4)ccc3cc2c1. The van der Waals surface area contributed by atoms with Crippen LogP contribution in [0.2, 0.25) is 0 Å². The molecule has 0 amide bonds. The topological polar surface area (TPSA) is 25.8 Å². The van der Waals surface area contributed by atoms with E-state index in [0.717, 1.165) is 10.0 Å². The molecule has 0 saturated carbocycles. The number of thiophene rings is 2. The highest BCUT2D eigenvalue weighted by Crippen LogP contribution is 2.46.